The average Bonchev–Trinajstić information content (AvgIpc) is 3.15. The predicted molar refractivity (Wildman–Crippen MR) is 133 cm³/mol. The van der Waals surface area contributed by atoms with Crippen LogP contribution in [-0.4, -0.2) is 34.7 Å². The number of benzene rings is 3. The molecule has 176 valence electrons. The summed E-state index contributed by atoms with van der Waals surface area (Å²) < 4.78 is 11.1. The van der Waals surface area contributed by atoms with Crippen LogP contribution in [0.15, 0.2) is 65.6 Å². The van der Waals surface area contributed by atoms with Gasteiger partial charge >= 0.3 is 5.97 Å². The van der Waals surface area contributed by atoms with Crippen molar-refractivity contribution < 1.29 is 23.9 Å². The fourth-order valence-corrected chi connectivity index (χ4v) is 4.66. The first kappa shape index (κ1) is 24.0. The number of amides is 2. The van der Waals surface area contributed by atoms with Crippen LogP contribution in [0.1, 0.15) is 30.5 Å². The number of nitriles is 1. The molecule has 8 heteroatoms. The number of hydrogen-bond donors (Lipinski definition) is 0. The lowest BCUT2D eigenvalue weighted by atomic mass is 10.0. The molecule has 0 radical (unpaired) electrons. The summed E-state index contributed by atoms with van der Waals surface area (Å²) in [5, 5.41) is 10.6. The van der Waals surface area contributed by atoms with E-state index in [9.17, 15) is 19.6 Å². The number of nitrogens with zero attached hydrogens (tertiary/aromatic N) is 2. The Labute approximate surface area is 206 Å². The maximum absolute atomic E-state index is 13.1. The van der Waals surface area contributed by atoms with E-state index in [2.05, 4.69) is 6.07 Å². The second-order valence-electron chi connectivity index (χ2n) is 7.74. The molecule has 0 saturated carbocycles. The molecule has 1 fully saturated rings. The summed E-state index contributed by atoms with van der Waals surface area (Å²) in [5.41, 5.74) is 1.88. The van der Waals surface area contributed by atoms with Crippen LogP contribution in [0.5, 0.6) is 5.75 Å². The van der Waals surface area contributed by atoms with Crippen LogP contribution in [0.25, 0.3) is 16.8 Å². The van der Waals surface area contributed by atoms with Crippen molar-refractivity contribution >= 4 is 45.7 Å². The summed E-state index contributed by atoms with van der Waals surface area (Å²) >= 11 is 0.770. The summed E-state index contributed by atoms with van der Waals surface area (Å²) in [7, 11) is 0. The SMILES string of the molecule is CCOC(=O)[C@@H](C)N1C(=O)S/C(=C/c2c(OCc3ccccc3C#N)ccc3ccccc23)C1=O. The number of carbonyl (C=O) groups excluding carboxylic acids is 3. The van der Waals surface area contributed by atoms with Crippen LogP contribution in [0, 0.1) is 11.3 Å². The summed E-state index contributed by atoms with van der Waals surface area (Å²) in [6.45, 7) is 3.44. The molecule has 1 aliphatic rings. The maximum Gasteiger partial charge on any atom is 0.329 e. The molecule has 1 atom stereocenters. The monoisotopic (exact) mass is 486 g/mol. The van der Waals surface area contributed by atoms with E-state index in [1.165, 1.54) is 6.92 Å². The van der Waals surface area contributed by atoms with Crippen molar-refractivity contribution in [2.45, 2.75) is 26.5 Å². The largest absolute Gasteiger partial charge is 0.488 e. The molecule has 35 heavy (non-hydrogen) atoms. The van der Waals surface area contributed by atoms with Gasteiger partial charge in [0.1, 0.15) is 18.4 Å². The van der Waals surface area contributed by atoms with Crippen LogP contribution in [0.2, 0.25) is 0 Å². The highest BCUT2D eigenvalue weighted by Gasteiger charge is 2.41. The lowest BCUT2D eigenvalue weighted by Crippen LogP contribution is -2.42. The smallest absolute Gasteiger partial charge is 0.329 e. The number of imide groups is 1. The van der Waals surface area contributed by atoms with Gasteiger partial charge in [-0.2, -0.15) is 5.26 Å². The number of fused-ring (bicyclic) bond motifs is 1. The van der Waals surface area contributed by atoms with Crippen molar-refractivity contribution in [2.24, 2.45) is 0 Å². The Balaban J connectivity index is 1.71. The van der Waals surface area contributed by atoms with Gasteiger partial charge in [-0.15, -0.1) is 0 Å². The van der Waals surface area contributed by atoms with E-state index in [1.54, 1.807) is 31.2 Å². The molecule has 1 saturated heterocycles. The Kier molecular flexibility index (Phi) is 7.18. The summed E-state index contributed by atoms with van der Waals surface area (Å²) in [4.78, 5) is 39.0. The van der Waals surface area contributed by atoms with Gasteiger partial charge in [0.15, 0.2) is 0 Å². The third-order valence-electron chi connectivity index (χ3n) is 5.57. The minimum absolute atomic E-state index is 0.154. The van der Waals surface area contributed by atoms with Crippen LogP contribution in [0.4, 0.5) is 4.79 Å². The third-order valence-corrected chi connectivity index (χ3v) is 6.45. The fourth-order valence-electron chi connectivity index (χ4n) is 3.77. The van der Waals surface area contributed by atoms with Crippen molar-refractivity contribution in [1.82, 2.24) is 4.90 Å². The molecular formula is C27H22N2O5S. The molecule has 1 aliphatic heterocycles. The van der Waals surface area contributed by atoms with Gasteiger partial charge in [0.05, 0.1) is 23.1 Å². The van der Waals surface area contributed by atoms with Gasteiger partial charge in [0, 0.05) is 11.1 Å². The van der Waals surface area contributed by atoms with E-state index >= 15 is 0 Å². The number of hydrogen-bond acceptors (Lipinski definition) is 7. The number of esters is 1. The molecule has 0 bridgehead atoms. The van der Waals surface area contributed by atoms with Gasteiger partial charge in [-0.1, -0.05) is 48.5 Å². The average molecular weight is 487 g/mol. The first-order chi connectivity index (χ1) is 16.9. The molecule has 3 aromatic carbocycles. The summed E-state index contributed by atoms with van der Waals surface area (Å²) in [6, 6.07) is 19.6. The van der Waals surface area contributed by atoms with Crippen molar-refractivity contribution in [3.63, 3.8) is 0 Å². The predicted octanol–water partition coefficient (Wildman–Crippen LogP) is 5.28. The molecule has 7 nitrogen and oxygen atoms in total. The van der Waals surface area contributed by atoms with Gasteiger partial charge in [-0.05, 0) is 54.6 Å². The minimum atomic E-state index is -1.03. The normalized spacial score (nSPS) is 15.3. The quantitative estimate of drug-likeness (QED) is 0.331. The fraction of sp³-hybridized carbons (Fsp3) is 0.185. The summed E-state index contributed by atoms with van der Waals surface area (Å²) in [5.74, 6) is -0.697. The zero-order valence-corrected chi connectivity index (χ0v) is 20.0. The zero-order chi connectivity index (χ0) is 24.9. The Morgan fingerprint density at radius 1 is 1.11 bits per heavy atom. The molecule has 1 heterocycles. The Morgan fingerprint density at radius 3 is 2.63 bits per heavy atom. The molecule has 2 amide bonds. The highest BCUT2D eigenvalue weighted by atomic mass is 32.2. The number of carbonyl (C=O) groups is 3. The third kappa shape index (κ3) is 4.91. The van der Waals surface area contributed by atoms with E-state index < -0.39 is 23.2 Å². The Bertz CT molecular complexity index is 1390. The van der Waals surface area contributed by atoms with Crippen molar-refractivity contribution in [3.8, 4) is 11.8 Å². The molecular weight excluding hydrogens is 464 g/mol. The van der Waals surface area contributed by atoms with E-state index in [1.807, 2.05) is 42.5 Å². The lowest BCUT2D eigenvalue weighted by Gasteiger charge is -2.19. The Hall–Kier alpha value is -4.09. The molecule has 0 spiro atoms. The Morgan fingerprint density at radius 2 is 1.86 bits per heavy atom. The van der Waals surface area contributed by atoms with E-state index in [-0.39, 0.29) is 18.1 Å². The number of ether oxygens (including phenoxy) is 2. The minimum Gasteiger partial charge on any atom is -0.488 e. The summed E-state index contributed by atoms with van der Waals surface area (Å²) in [6.07, 6.45) is 1.62. The first-order valence-electron chi connectivity index (χ1n) is 11.0. The van der Waals surface area contributed by atoms with E-state index in [4.69, 9.17) is 9.47 Å². The van der Waals surface area contributed by atoms with Crippen LogP contribution < -0.4 is 4.74 Å². The van der Waals surface area contributed by atoms with Crippen molar-refractivity contribution in [2.75, 3.05) is 6.61 Å². The van der Waals surface area contributed by atoms with Crippen molar-refractivity contribution in [3.05, 3.63) is 82.3 Å². The molecule has 0 N–H and O–H groups in total. The van der Waals surface area contributed by atoms with Gasteiger partial charge < -0.3 is 9.47 Å². The maximum atomic E-state index is 13.1. The molecule has 0 aromatic heterocycles. The highest BCUT2D eigenvalue weighted by Crippen LogP contribution is 2.38. The first-order valence-corrected chi connectivity index (χ1v) is 11.8. The van der Waals surface area contributed by atoms with Crippen LogP contribution in [0.3, 0.4) is 0 Å². The second-order valence-corrected chi connectivity index (χ2v) is 8.73. The van der Waals surface area contributed by atoms with Crippen LogP contribution in [-0.2, 0) is 20.9 Å². The molecule has 4 rings (SSSR count). The zero-order valence-electron chi connectivity index (χ0n) is 19.2. The topological polar surface area (TPSA) is 96.7 Å². The lowest BCUT2D eigenvalue weighted by molar-refractivity contribution is -0.150. The van der Waals surface area contributed by atoms with E-state index in [0.717, 1.165) is 33.0 Å². The van der Waals surface area contributed by atoms with Gasteiger partial charge in [-0.3, -0.25) is 14.5 Å². The number of rotatable bonds is 7. The van der Waals surface area contributed by atoms with Gasteiger partial charge in [-0.25, -0.2) is 4.79 Å². The second kappa shape index (κ2) is 10.5. The van der Waals surface area contributed by atoms with Crippen molar-refractivity contribution in [1.29, 1.82) is 5.26 Å². The standard InChI is InChI=1S/C27H22N2O5S/c1-3-33-26(31)17(2)29-25(30)24(35-27(29)32)14-22-21-11-7-6-8-18(21)12-13-23(22)34-16-20-10-5-4-9-19(20)15-28/h4-14,17H,3,16H2,1-2H3/b24-14+/t17-/m1/s1. The van der Waals surface area contributed by atoms with Gasteiger partial charge in [0.2, 0.25) is 0 Å². The molecule has 3 aromatic rings. The molecule has 0 aliphatic carbocycles. The molecule has 0 unspecified atom stereocenters. The van der Waals surface area contributed by atoms with E-state index in [0.29, 0.717) is 16.9 Å². The van der Waals surface area contributed by atoms with Gasteiger partial charge in [0.25, 0.3) is 11.1 Å². The van der Waals surface area contributed by atoms with Crippen LogP contribution >= 0.6 is 11.8 Å². The highest BCUT2D eigenvalue weighted by molar-refractivity contribution is 8.18. The number of thioether (sulfide) groups is 1.